The van der Waals surface area contributed by atoms with Gasteiger partial charge in [-0.3, -0.25) is 14.2 Å². The van der Waals surface area contributed by atoms with E-state index in [1.54, 1.807) is 13.0 Å². The number of nitrogens with zero attached hydrogens (tertiary/aromatic N) is 2. The lowest BCUT2D eigenvalue weighted by Gasteiger charge is -2.15. The molecule has 8 nitrogen and oxygen atoms in total. The summed E-state index contributed by atoms with van der Waals surface area (Å²) in [4.78, 5) is 15.8. The molecule has 2 aliphatic heterocycles. The summed E-state index contributed by atoms with van der Waals surface area (Å²) in [5.41, 5.74) is 1.47. The molecule has 10 heteroatoms. The smallest absolute Gasteiger partial charge is 0.297 e. The summed E-state index contributed by atoms with van der Waals surface area (Å²) < 4.78 is 41.8. The van der Waals surface area contributed by atoms with Crippen LogP contribution in [0.1, 0.15) is 20.3 Å². The van der Waals surface area contributed by atoms with Crippen molar-refractivity contribution in [3.63, 3.8) is 0 Å². The van der Waals surface area contributed by atoms with Gasteiger partial charge in [0.05, 0.1) is 11.4 Å². The van der Waals surface area contributed by atoms with Crippen LogP contribution in [0, 0.1) is 0 Å². The lowest BCUT2D eigenvalue weighted by molar-refractivity contribution is -0.123. The Morgan fingerprint density at radius 1 is 1.25 bits per heavy atom. The highest BCUT2D eigenvalue weighted by molar-refractivity contribution is 7.85. The van der Waals surface area contributed by atoms with E-state index in [1.165, 1.54) is 4.90 Å². The van der Waals surface area contributed by atoms with E-state index < -0.39 is 21.8 Å². The van der Waals surface area contributed by atoms with Gasteiger partial charge in [-0.15, -0.1) is 0 Å². The fraction of sp³-hybridized carbons (Fsp3) is 0.333. The molecule has 28 heavy (non-hydrogen) atoms. The molecule has 0 unspecified atom stereocenters. The van der Waals surface area contributed by atoms with E-state index >= 15 is 0 Å². The fourth-order valence-electron chi connectivity index (χ4n) is 2.98. The van der Waals surface area contributed by atoms with E-state index in [-0.39, 0.29) is 23.9 Å². The first kappa shape index (κ1) is 20.3. The number of para-hydroxylation sites is 2. The summed E-state index contributed by atoms with van der Waals surface area (Å²) in [7, 11) is -4.10. The Morgan fingerprint density at radius 2 is 1.96 bits per heavy atom. The summed E-state index contributed by atoms with van der Waals surface area (Å²) in [5.74, 6) is 0.461. The van der Waals surface area contributed by atoms with Gasteiger partial charge in [-0.05, 0) is 44.6 Å². The normalized spacial score (nSPS) is 19.8. The Hall–Kier alpha value is -2.43. The van der Waals surface area contributed by atoms with Crippen molar-refractivity contribution in [3.05, 3.63) is 47.6 Å². The van der Waals surface area contributed by atoms with Crippen LogP contribution in [-0.2, 0) is 19.6 Å². The van der Waals surface area contributed by atoms with Crippen LogP contribution in [0.25, 0.3) is 0 Å². The molecule has 0 bridgehead atoms. The molecule has 2 heterocycles. The van der Waals surface area contributed by atoms with Crippen LogP contribution in [-0.4, -0.2) is 47.8 Å². The van der Waals surface area contributed by atoms with Crippen LogP contribution in [0.5, 0.6) is 5.75 Å². The number of thiocarbonyl (C=S) groups is 1. The number of anilines is 1. The number of hydrogen-bond acceptors (Lipinski definition) is 7. The highest BCUT2D eigenvalue weighted by Crippen LogP contribution is 2.39. The van der Waals surface area contributed by atoms with Gasteiger partial charge < -0.3 is 14.4 Å². The van der Waals surface area contributed by atoms with Crippen molar-refractivity contribution in [1.29, 1.82) is 0 Å². The number of allylic oxidation sites excluding steroid dienone is 2. The summed E-state index contributed by atoms with van der Waals surface area (Å²) in [6.07, 6.45) is 1.75. The van der Waals surface area contributed by atoms with Crippen molar-refractivity contribution >= 4 is 39.1 Å². The van der Waals surface area contributed by atoms with Crippen LogP contribution in [0.4, 0.5) is 5.69 Å². The van der Waals surface area contributed by atoms with Crippen LogP contribution in [0.15, 0.2) is 47.6 Å². The number of fused-ring (bicyclic) bond motifs is 1. The largest absolute Gasteiger partial charge is 0.439 e. The molecule has 0 spiro atoms. The predicted octanol–water partition coefficient (Wildman–Crippen LogP) is 2.44. The lowest BCUT2D eigenvalue weighted by Crippen LogP contribution is -2.30. The molecular weight excluding hydrogens is 404 g/mol. The summed E-state index contributed by atoms with van der Waals surface area (Å²) in [6.45, 7) is 4.42. The number of hydrogen-bond donors (Lipinski definition) is 1. The minimum atomic E-state index is -4.10. The zero-order valence-electron chi connectivity index (χ0n) is 15.4. The molecule has 3 rings (SSSR count). The number of carbonyl (C=O) groups excluding carboxylic acids is 1. The number of benzene rings is 1. The maximum Gasteiger partial charge on any atom is 0.297 e. The molecule has 1 aromatic carbocycles. The quantitative estimate of drug-likeness (QED) is 0.423. The summed E-state index contributed by atoms with van der Waals surface area (Å²) >= 11 is 5.08. The van der Waals surface area contributed by atoms with E-state index in [0.717, 1.165) is 11.4 Å². The first-order valence-electron chi connectivity index (χ1n) is 8.67. The van der Waals surface area contributed by atoms with Crippen molar-refractivity contribution in [2.45, 2.75) is 20.3 Å². The van der Waals surface area contributed by atoms with Crippen molar-refractivity contribution in [2.75, 3.05) is 23.7 Å². The minimum absolute atomic E-state index is 0.0355. The Bertz CT molecular complexity index is 984. The van der Waals surface area contributed by atoms with Crippen LogP contribution < -0.4 is 9.64 Å². The molecule has 0 aromatic heterocycles. The molecule has 150 valence electrons. The molecule has 0 aliphatic carbocycles. The SMILES string of the molecule is CCN1C(=CC(C)=C2OC(=S)N(CCCS(=O)(=O)O)C2=O)Oc2ccccc21. The van der Waals surface area contributed by atoms with Gasteiger partial charge in [0.1, 0.15) is 0 Å². The minimum Gasteiger partial charge on any atom is -0.439 e. The topological polar surface area (TPSA) is 96.4 Å². The van der Waals surface area contributed by atoms with Gasteiger partial charge in [0.15, 0.2) is 11.5 Å². The second-order valence-electron chi connectivity index (χ2n) is 6.27. The number of rotatable bonds is 6. The van der Waals surface area contributed by atoms with E-state index in [0.29, 0.717) is 18.0 Å². The van der Waals surface area contributed by atoms with Gasteiger partial charge in [0, 0.05) is 24.7 Å². The van der Waals surface area contributed by atoms with Gasteiger partial charge in [-0.1, -0.05) is 12.1 Å². The molecule has 1 amide bonds. The molecule has 0 radical (unpaired) electrons. The van der Waals surface area contributed by atoms with Crippen LogP contribution >= 0.6 is 12.2 Å². The van der Waals surface area contributed by atoms with Gasteiger partial charge in [-0.2, -0.15) is 8.42 Å². The molecule has 1 saturated heterocycles. The third-order valence-electron chi connectivity index (χ3n) is 4.28. The van der Waals surface area contributed by atoms with Gasteiger partial charge in [0.2, 0.25) is 5.88 Å². The van der Waals surface area contributed by atoms with Crippen molar-refractivity contribution in [2.24, 2.45) is 0 Å². The van der Waals surface area contributed by atoms with Crippen LogP contribution in [0.3, 0.4) is 0 Å². The average Bonchev–Trinajstić information content (AvgIpc) is 3.11. The second-order valence-corrected chi connectivity index (χ2v) is 8.19. The third-order valence-corrected chi connectivity index (χ3v) is 5.39. The lowest BCUT2D eigenvalue weighted by atomic mass is 10.2. The Kier molecular flexibility index (Phi) is 5.73. The average molecular weight is 425 g/mol. The maximum atomic E-state index is 12.6. The monoisotopic (exact) mass is 424 g/mol. The Labute approximate surface area is 168 Å². The molecule has 1 aromatic rings. The van der Waals surface area contributed by atoms with E-state index in [4.69, 9.17) is 26.2 Å². The molecular formula is C18H20N2O6S2. The number of ether oxygens (including phenoxy) is 2. The van der Waals surface area contributed by atoms with Crippen LogP contribution in [0.2, 0.25) is 0 Å². The van der Waals surface area contributed by atoms with Crippen molar-refractivity contribution < 1.29 is 27.2 Å². The van der Waals surface area contributed by atoms with Gasteiger partial charge in [0.25, 0.3) is 21.2 Å². The highest BCUT2D eigenvalue weighted by Gasteiger charge is 2.35. The van der Waals surface area contributed by atoms with Gasteiger partial charge in [-0.25, -0.2) is 0 Å². The molecule has 1 fully saturated rings. The zero-order valence-corrected chi connectivity index (χ0v) is 17.0. The Morgan fingerprint density at radius 3 is 2.64 bits per heavy atom. The molecule has 2 aliphatic rings. The Balaban J connectivity index is 1.79. The fourth-order valence-corrected chi connectivity index (χ4v) is 3.73. The predicted molar refractivity (Wildman–Crippen MR) is 107 cm³/mol. The van der Waals surface area contributed by atoms with Gasteiger partial charge >= 0.3 is 0 Å². The number of carbonyl (C=O) groups is 1. The number of amides is 1. The highest BCUT2D eigenvalue weighted by atomic mass is 32.2. The van der Waals surface area contributed by atoms with Crippen molar-refractivity contribution in [3.8, 4) is 5.75 Å². The first-order chi connectivity index (χ1) is 13.2. The van der Waals surface area contributed by atoms with E-state index in [9.17, 15) is 13.2 Å². The third kappa shape index (κ3) is 4.18. The zero-order chi connectivity index (χ0) is 20.5. The molecule has 0 atom stereocenters. The molecule has 1 N–H and O–H groups in total. The maximum absolute atomic E-state index is 12.6. The van der Waals surface area contributed by atoms with E-state index in [2.05, 4.69) is 0 Å². The molecule has 0 saturated carbocycles. The first-order valence-corrected chi connectivity index (χ1v) is 10.7. The second kappa shape index (κ2) is 7.90. The van der Waals surface area contributed by atoms with Crippen molar-refractivity contribution in [1.82, 2.24) is 4.90 Å². The summed E-state index contributed by atoms with van der Waals surface area (Å²) in [5, 5.41) is -0.0453. The van der Waals surface area contributed by atoms with E-state index in [1.807, 2.05) is 36.1 Å². The standard InChI is InChI=1S/C18H20N2O6S2/c1-3-19-13-7-4-5-8-14(13)25-15(19)11-12(2)16-17(21)20(18(27)26-16)9-6-10-28(22,23)24/h4-5,7-8,11H,3,6,9-10H2,1-2H3,(H,22,23,24). The summed E-state index contributed by atoms with van der Waals surface area (Å²) in [6, 6.07) is 7.62.